The molecule has 1 aliphatic rings. The molecule has 0 atom stereocenters. The number of piperidine rings is 1. The summed E-state index contributed by atoms with van der Waals surface area (Å²) in [5, 5.41) is 1.16. The van der Waals surface area contributed by atoms with Crippen LogP contribution in [0.2, 0.25) is 0 Å². The summed E-state index contributed by atoms with van der Waals surface area (Å²) >= 11 is 1.77. The zero-order valence-corrected chi connectivity index (χ0v) is 19.8. The maximum absolute atomic E-state index is 13.6. The zero-order chi connectivity index (χ0) is 23.8. The summed E-state index contributed by atoms with van der Waals surface area (Å²) in [6, 6.07) is 16.8. The molecular formula is C26H24FN7S. The molecule has 0 bridgehead atoms. The van der Waals surface area contributed by atoms with Crippen molar-refractivity contribution in [2.24, 2.45) is 0 Å². The van der Waals surface area contributed by atoms with Crippen molar-refractivity contribution in [1.29, 1.82) is 0 Å². The molecule has 5 aromatic rings. The van der Waals surface area contributed by atoms with Crippen molar-refractivity contribution >= 4 is 27.5 Å². The number of aromatic nitrogens is 5. The summed E-state index contributed by atoms with van der Waals surface area (Å²) in [6.45, 7) is 2.80. The highest BCUT2D eigenvalue weighted by atomic mass is 32.1. The van der Waals surface area contributed by atoms with E-state index < -0.39 is 0 Å². The first-order valence-electron chi connectivity index (χ1n) is 11.6. The first-order chi connectivity index (χ1) is 17.1. The van der Waals surface area contributed by atoms with Crippen molar-refractivity contribution in [2.45, 2.75) is 25.4 Å². The van der Waals surface area contributed by atoms with Crippen molar-refractivity contribution in [3.05, 3.63) is 77.9 Å². The van der Waals surface area contributed by atoms with Gasteiger partial charge in [0.15, 0.2) is 0 Å². The van der Waals surface area contributed by atoms with E-state index in [1.165, 1.54) is 16.8 Å². The number of fused-ring (bicyclic) bond motifs is 1. The average molecular weight is 486 g/mol. The lowest BCUT2D eigenvalue weighted by atomic mass is 10.0. The highest BCUT2D eigenvalue weighted by Crippen LogP contribution is 2.36. The van der Waals surface area contributed by atoms with Crippen LogP contribution in [0.25, 0.3) is 32.9 Å². The van der Waals surface area contributed by atoms with E-state index in [4.69, 9.17) is 15.7 Å². The van der Waals surface area contributed by atoms with Crippen molar-refractivity contribution in [2.75, 3.05) is 18.8 Å². The maximum atomic E-state index is 13.6. The van der Waals surface area contributed by atoms with Gasteiger partial charge in [0.1, 0.15) is 10.8 Å². The zero-order valence-electron chi connectivity index (χ0n) is 19.0. The molecule has 1 saturated heterocycles. The molecule has 0 unspecified atom stereocenters. The largest absolute Gasteiger partial charge is 0.368 e. The van der Waals surface area contributed by atoms with Gasteiger partial charge in [-0.1, -0.05) is 12.1 Å². The van der Waals surface area contributed by atoms with Gasteiger partial charge in [0.05, 0.1) is 40.2 Å². The Balaban J connectivity index is 1.26. The van der Waals surface area contributed by atoms with Crippen LogP contribution in [0, 0.1) is 5.82 Å². The third-order valence-electron chi connectivity index (χ3n) is 6.48. The number of benzene rings is 2. The SMILES string of the molecule is Nc1nccc(-c2c(-c3ccc(F)cc3)ncn2C2CCN(Cc3nc4ccccc4s3)CC2)n1. The molecule has 4 heterocycles. The number of nitrogens with two attached hydrogens (primary N) is 1. The van der Waals surface area contributed by atoms with E-state index in [1.54, 1.807) is 29.7 Å². The molecule has 176 valence electrons. The Hall–Kier alpha value is -3.69. The van der Waals surface area contributed by atoms with Crippen LogP contribution in [0.5, 0.6) is 0 Å². The molecule has 2 aromatic carbocycles. The van der Waals surface area contributed by atoms with Gasteiger partial charge in [-0.25, -0.2) is 24.3 Å². The Morgan fingerprint density at radius 3 is 2.54 bits per heavy atom. The fourth-order valence-electron chi connectivity index (χ4n) is 4.75. The molecule has 0 aliphatic carbocycles. The second-order valence-corrected chi connectivity index (χ2v) is 9.85. The average Bonchev–Trinajstić information content (AvgIpc) is 3.49. The molecule has 9 heteroatoms. The minimum absolute atomic E-state index is 0.214. The van der Waals surface area contributed by atoms with E-state index in [9.17, 15) is 4.39 Å². The molecule has 3 aromatic heterocycles. The van der Waals surface area contributed by atoms with E-state index in [1.807, 2.05) is 18.5 Å². The van der Waals surface area contributed by atoms with Crippen LogP contribution in [0.1, 0.15) is 23.9 Å². The fourth-order valence-corrected chi connectivity index (χ4v) is 5.76. The van der Waals surface area contributed by atoms with Crippen LogP contribution in [-0.4, -0.2) is 42.5 Å². The van der Waals surface area contributed by atoms with Crippen LogP contribution >= 0.6 is 11.3 Å². The van der Waals surface area contributed by atoms with Crippen molar-refractivity contribution in [1.82, 2.24) is 29.4 Å². The Morgan fingerprint density at radius 2 is 1.77 bits per heavy atom. The number of hydrogen-bond acceptors (Lipinski definition) is 7. The van der Waals surface area contributed by atoms with Crippen molar-refractivity contribution in [3.63, 3.8) is 0 Å². The molecule has 6 rings (SSSR count). The second-order valence-electron chi connectivity index (χ2n) is 8.74. The standard InChI is InChI=1S/C26H24FN7S/c27-18-7-5-17(6-8-18)24-25(21-9-12-29-26(28)32-21)34(16-30-24)19-10-13-33(14-11-19)15-23-31-20-3-1-2-4-22(20)35-23/h1-9,12,16,19H,10-11,13-15H2,(H2,28,29,32). The third kappa shape index (κ3) is 4.40. The molecule has 7 nitrogen and oxygen atoms in total. The normalized spacial score (nSPS) is 15.1. The molecular weight excluding hydrogens is 461 g/mol. The number of likely N-dealkylation sites (tertiary alicyclic amines) is 1. The van der Waals surface area contributed by atoms with E-state index in [0.29, 0.717) is 5.69 Å². The summed E-state index contributed by atoms with van der Waals surface area (Å²) < 4.78 is 17.0. The predicted molar refractivity (Wildman–Crippen MR) is 136 cm³/mol. The molecule has 0 saturated carbocycles. The quantitative estimate of drug-likeness (QED) is 0.369. The van der Waals surface area contributed by atoms with Gasteiger partial charge in [-0.05, 0) is 55.3 Å². The van der Waals surface area contributed by atoms with E-state index in [2.05, 4.69) is 37.6 Å². The van der Waals surface area contributed by atoms with Crippen LogP contribution in [0.15, 0.2) is 67.1 Å². The van der Waals surface area contributed by atoms with Gasteiger partial charge in [0.25, 0.3) is 0 Å². The Kier molecular flexibility index (Phi) is 5.71. The highest BCUT2D eigenvalue weighted by Gasteiger charge is 2.26. The molecule has 0 amide bonds. The first kappa shape index (κ1) is 21.8. The number of nitrogen functional groups attached to an aromatic ring is 1. The van der Waals surface area contributed by atoms with Crippen LogP contribution in [-0.2, 0) is 6.54 Å². The minimum Gasteiger partial charge on any atom is -0.368 e. The first-order valence-corrected chi connectivity index (χ1v) is 12.4. The van der Waals surface area contributed by atoms with Crippen LogP contribution in [0.3, 0.4) is 0 Å². The monoisotopic (exact) mass is 485 g/mol. The summed E-state index contributed by atoms with van der Waals surface area (Å²) in [5.74, 6) is -0.0625. The number of thiazole rings is 1. The van der Waals surface area contributed by atoms with Gasteiger partial charge in [0.2, 0.25) is 5.95 Å². The number of para-hydroxylation sites is 1. The molecule has 1 aliphatic heterocycles. The maximum Gasteiger partial charge on any atom is 0.220 e. The van der Waals surface area contributed by atoms with Gasteiger partial charge >= 0.3 is 0 Å². The van der Waals surface area contributed by atoms with Crippen LogP contribution in [0.4, 0.5) is 10.3 Å². The van der Waals surface area contributed by atoms with E-state index in [0.717, 1.165) is 60.0 Å². The molecule has 0 radical (unpaired) electrons. The number of imidazole rings is 1. The van der Waals surface area contributed by atoms with Crippen molar-refractivity contribution < 1.29 is 4.39 Å². The van der Waals surface area contributed by atoms with E-state index in [-0.39, 0.29) is 17.8 Å². The van der Waals surface area contributed by atoms with Crippen molar-refractivity contribution in [3.8, 4) is 22.6 Å². The lowest BCUT2D eigenvalue weighted by Crippen LogP contribution is -2.34. The molecule has 2 N–H and O–H groups in total. The summed E-state index contributed by atoms with van der Waals surface area (Å²) in [4.78, 5) is 20.5. The van der Waals surface area contributed by atoms with Crippen LogP contribution < -0.4 is 5.73 Å². The van der Waals surface area contributed by atoms with Gasteiger partial charge in [-0.2, -0.15) is 0 Å². The lowest BCUT2D eigenvalue weighted by molar-refractivity contribution is 0.180. The number of halogens is 1. The smallest absolute Gasteiger partial charge is 0.220 e. The van der Waals surface area contributed by atoms with E-state index >= 15 is 0 Å². The molecule has 1 fully saturated rings. The Morgan fingerprint density at radius 1 is 0.971 bits per heavy atom. The highest BCUT2D eigenvalue weighted by molar-refractivity contribution is 7.18. The molecule has 35 heavy (non-hydrogen) atoms. The lowest BCUT2D eigenvalue weighted by Gasteiger charge is -2.32. The predicted octanol–water partition coefficient (Wildman–Crippen LogP) is 5.18. The Labute approximate surface area is 206 Å². The summed E-state index contributed by atoms with van der Waals surface area (Å²) in [6.07, 6.45) is 5.50. The topological polar surface area (TPSA) is 85.8 Å². The molecule has 0 spiro atoms. The fraction of sp³-hybridized carbons (Fsp3) is 0.231. The van der Waals surface area contributed by atoms with Gasteiger partial charge in [-0.15, -0.1) is 11.3 Å². The second kappa shape index (κ2) is 9.16. The van der Waals surface area contributed by atoms with Gasteiger partial charge in [0, 0.05) is 30.9 Å². The number of nitrogens with zero attached hydrogens (tertiary/aromatic N) is 6. The Bertz CT molecular complexity index is 1440. The van der Waals surface area contributed by atoms with Gasteiger partial charge < -0.3 is 10.3 Å². The third-order valence-corrected chi connectivity index (χ3v) is 7.50. The summed E-state index contributed by atoms with van der Waals surface area (Å²) in [7, 11) is 0. The summed E-state index contributed by atoms with van der Waals surface area (Å²) in [5.41, 5.74) is 10.2. The number of anilines is 1. The number of hydrogen-bond donors (Lipinski definition) is 1. The minimum atomic E-state index is -0.276. The number of rotatable bonds is 5. The van der Waals surface area contributed by atoms with Gasteiger partial charge in [-0.3, -0.25) is 4.90 Å².